The van der Waals surface area contributed by atoms with Crippen LogP contribution in [0, 0.1) is 6.92 Å². The summed E-state index contributed by atoms with van der Waals surface area (Å²) in [6.07, 6.45) is 0. The molecule has 14 heavy (non-hydrogen) atoms. The molecule has 0 aliphatic rings. The highest BCUT2D eigenvalue weighted by molar-refractivity contribution is 6.42. The Morgan fingerprint density at radius 1 is 1.21 bits per heavy atom. The van der Waals surface area contributed by atoms with Gasteiger partial charge in [-0.2, -0.15) is 0 Å². The monoisotopic (exact) mass is 229 g/mol. The summed E-state index contributed by atoms with van der Waals surface area (Å²) in [5.41, 5.74) is 0.0994. The van der Waals surface area contributed by atoms with E-state index in [9.17, 15) is 4.79 Å². The third kappa shape index (κ3) is 1.38. The van der Waals surface area contributed by atoms with Crippen LogP contribution in [0.4, 0.5) is 0 Å². The van der Waals surface area contributed by atoms with E-state index in [4.69, 9.17) is 23.2 Å². The summed E-state index contributed by atoms with van der Waals surface area (Å²) in [6, 6.07) is 3.10. The van der Waals surface area contributed by atoms with Gasteiger partial charge in [-0.05, 0) is 19.1 Å². The van der Waals surface area contributed by atoms with Crippen molar-refractivity contribution in [2.24, 2.45) is 0 Å². The van der Waals surface area contributed by atoms with Gasteiger partial charge in [-0.3, -0.25) is 0 Å². The van der Waals surface area contributed by atoms with Crippen molar-refractivity contribution in [2.45, 2.75) is 6.92 Å². The summed E-state index contributed by atoms with van der Waals surface area (Å²) >= 11 is 11.6. The molecule has 2 rings (SSSR count). The van der Waals surface area contributed by atoms with Crippen molar-refractivity contribution in [3.63, 3.8) is 0 Å². The maximum Gasteiger partial charge on any atom is 0.366 e. The Bertz CT molecular complexity index is 562. The predicted octanol–water partition coefficient (Wildman–Crippen LogP) is 2.80. The Labute approximate surface area is 89.2 Å². The molecule has 0 bridgehead atoms. The molecule has 0 aliphatic heterocycles. The molecular weight excluding hydrogens is 225 g/mol. The van der Waals surface area contributed by atoms with E-state index >= 15 is 0 Å². The van der Waals surface area contributed by atoms with Gasteiger partial charge in [-0.25, -0.2) is 4.79 Å². The number of rotatable bonds is 0. The number of fused-ring (bicyclic) bond motifs is 1. The minimum Gasteiger partial charge on any atom is -0.313 e. The molecule has 0 atom stereocenters. The molecule has 0 radical (unpaired) electrons. The molecule has 0 amide bonds. The Morgan fingerprint density at radius 3 is 2.43 bits per heavy atom. The second-order valence-corrected chi connectivity index (χ2v) is 3.68. The molecule has 2 aromatic rings. The molecule has 72 valence electrons. The molecule has 0 spiro atoms. The zero-order valence-electron chi connectivity index (χ0n) is 7.17. The molecule has 0 fully saturated rings. The average molecular weight is 230 g/mol. The fraction of sp³-hybridized carbons (Fsp3) is 0.111. The van der Waals surface area contributed by atoms with Crippen LogP contribution in [0.15, 0.2) is 21.5 Å². The van der Waals surface area contributed by atoms with E-state index in [0.717, 1.165) is 0 Å². The lowest BCUT2D eigenvalue weighted by molar-refractivity contribution is 0.371. The lowest BCUT2D eigenvalue weighted by Crippen LogP contribution is -2.02. The highest BCUT2D eigenvalue weighted by Crippen LogP contribution is 2.27. The van der Waals surface area contributed by atoms with Crippen LogP contribution >= 0.6 is 23.2 Å². The van der Waals surface area contributed by atoms with Crippen molar-refractivity contribution in [1.29, 1.82) is 0 Å². The normalized spacial score (nSPS) is 10.8. The van der Waals surface area contributed by atoms with E-state index in [1.54, 1.807) is 13.0 Å². The molecule has 1 aromatic carbocycles. The molecule has 5 heteroatoms. The van der Waals surface area contributed by atoms with Crippen LogP contribution in [-0.4, -0.2) is 5.16 Å². The fourth-order valence-corrected chi connectivity index (χ4v) is 1.55. The van der Waals surface area contributed by atoms with Gasteiger partial charge in [0.05, 0.1) is 21.1 Å². The van der Waals surface area contributed by atoms with Crippen LogP contribution < -0.4 is 5.63 Å². The predicted molar refractivity (Wildman–Crippen MR) is 55.0 cm³/mol. The van der Waals surface area contributed by atoms with Gasteiger partial charge < -0.3 is 4.52 Å². The number of hydrogen-bond donors (Lipinski definition) is 0. The number of benzene rings is 1. The molecule has 0 N–H and O–H groups in total. The van der Waals surface area contributed by atoms with Gasteiger partial charge in [0.15, 0.2) is 0 Å². The number of aryl methyl sites for hydroxylation is 1. The van der Waals surface area contributed by atoms with Gasteiger partial charge in [0.2, 0.25) is 0 Å². The van der Waals surface area contributed by atoms with Gasteiger partial charge in [0.25, 0.3) is 0 Å². The summed E-state index contributed by atoms with van der Waals surface area (Å²) < 4.78 is 4.56. The van der Waals surface area contributed by atoms with Gasteiger partial charge in [0.1, 0.15) is 0 Å². The van der Waals surface area contributed by atoms with Crippen molar-refractivity contribution < 1.29 is 4.52 Å². The largest absolute Gasteiger partial charge is 0.366 e. The van der Waals surface area contributed by atoms with Gasteiger partial charge in [-0.1, -0.05) is 28.4 Å². The number of halogens is 2. The molecule has 0 aliphatic carbocycles. The molecule has 1 aromatic heterocycles. The van der Waals surface area contributed by atoms with E-state index in [0.29, 0.717) is 26.5 Å². The van der Waals surface area contributed by atoms with Crippen LogP contribution in [0.1, 0.15) is 5.69 Å². The Balaban J connectivity index is 3.02. The Kier molecular flexibility index (Phi) is 2.21. The van der Waals surface area contributed by atoms with Crippen molar-refractivity contribution in [3.05, 3.63) is 38.3 Å². The number of aromatic nitrogens is 1. The SMILES string of the molecule is Cc1noc(=O)c2cc(Cl)c(Cl)cc12. The first-order chi connectivity index (χ1) is 6.59. The highest BCUT2D eigenvalue weighted by Gasteiger charge is 2.08. The first-order valence-electron chi connectivity index (χ1n) is 3.85. The third-order valence-electron chi connectivity index (χ3n) is 1.94. The van der Waals surface area contributed by atoms with E-state index in [1.807, 2.05) is 0 Å². The summed E-state index contributed by atoms with van der Waals surface area (Å²) in [7, 11) is 0. The fourth-order valence-electron chi connectivity index (χ4n) is 1.22. The van der Waals surface area contributed by atoms with E-state index < -0.39 is 5.63 Å². The van der Waals surface area contributed by atoms with Gasteiger partial charge in [0, 0.05) is 5.39 Å². The maximum atomic E-state index is 11.3. The highest BCUT2D eigenvalue weighted by atomic mass is 35.5. The van der Waals surface area contributed by atoms with E-state index in [-0.39, 0.29) is 0 Å². The van der Waals surface area contributed by atoms with Crippen LogP contribution in [-0.2, 0) is 0 Å². The molecule has 0 saturated carbocycles. The van der Waals surface area contributed by atoms with Gasteiger partial charge >= 0.3 is 5.63 Å². The molecular formula is C9H5Cl2NO2. The molecule has 1 heterocycles. The first kappa shape index (κ1) is 9.49. The average Bonchev–Trinajstić information content (AvgIpc) is 2.15. The molecule has 0 unspecified atom stereocenters. The second kappa shape index (κ2) is 3.26. The van der Waals surface area contributed by atoms with Crippen LogP contribution in [0.3, 0.4) is 0 Å². The van der Waals surface area contributed by atoms with Crippen molar-refractivity contribution in [3.8, 4) is 0 Å². The zero-order chi connectivity index (χ0) is 10.3. The third-order valence-corrected chi connectivity index (χ3v) is 2.66. The van der Waals surface area contributed by atoms with E-state index in [2.05, 4.69) is 9.68 Å². The summed E-state index contributed by atoms with van der Waals surface area (Å²) in [5.74, 6) is 0. The van der Waals surface area contributed by atoms with Crippen molar-refractivity contribution in [1.82, 2.24) is 5.16 Å². The first-order valence-corrected chi connectivity index (χ1v) is 4.60. The van der Waals surface area contributed by atoms with Crippen LogP contribution in [0.2, 0.25) is 10.0 Å². The molecule has 3 nitrogen and oxygen atoms in total. The Morgan fingerprint density at radius 2 is 1.79 bits per heavy atom. The molecule has 0 saturated heterocycles. The smallest absolute Gasteiger partial charge is 0.313 e. The number of nitrogens with zero attached hydrogens (tertiary/aromatic N) is 1. The minimum absolute atomic E-state index is 0.331. The zero-order valence-corrected chi connectivity index (χ0v) is 8.69. The standard InChI is InChI=1S/C9H5Cl2NO2/c1-4-5-2-7(10)8(11)3-6(5)9(13)14-12-4/h2-3H,1H3. The minimum atomic E-state index is -0.510. The van der Waals surface area contributed by atoms with Crippen LogP contribution in [0.25, 0.3) is 10.8 Å². The quantitative estimate of drug-likeness (QED) is 0.698. The van der Waals surface area contributed by atoms with Gasteiger partial charge in [-0.15, -0.1) is 0 Å². The van der Waals surface area contributed by atoms with Crippen LogP contribution in [0.5, 0.6) is 0 Å². The topological polar surface area (TPSA) is 43.1 Å². The maximum absolute atomic E-state index is 11.3. The number of hydrogen-bond acceptors (Lipinski definition) is 3. The Hall–Kier alpha value is -1.06. The lowest BCUT2D eigenvalue weighted by Gasteiger charge is -2.00. The van der Waals surface area contributed by atoms with Crippen molar-refractivity contribution >= 4 is 34.0 Å². The summed E-state index contributed by atoms with van der Waals surface area (Å²) in [6.45, 7) is 1.73. The lowest BCUT2D eigenvalue weighted by atomic mass is 10.1. The summed E-state index contributed by atoms with van der Waals surface area (Å²) in [4.78, 5) is 11.3. The second-order valence-electron chi connectivity index (χ2n) is 2.87. The van der Waals surface area contributed by atoms with E-state index in [1.165, 1.54) is 6.07 Å². The van der Waals surface area contributed by atoms with Crippen molar-refractivity contribution in [2.75, 3.05) is 0 Å². The summed E-state index contributed by atoms with van der Waals surface area (Å²) in [5, 5.41) is 5.37.